The lowest BCUT2D eigenvalue weighted by Gasteiger charge is -2.10. The highest BCUT2D eigenvalue weighted by molar-refractivity contribution is 7.89. The molecule has 0 aromatic heterocycles. The van der Waals surface area contributed by atoms with E-state index in [1.165, 1.54) is 25.0 Å². The predicted molar refractivity (Wildman–Crippen MR) is 74.3 cm³/mol. The van der Waals surface area contributed by atoms with Crippen molar-refractivity contribution in [1.82, 2.24) is 0 Å². The van der Waals surface area contributed by atoms with Crippen molar-refractivity contribution in [3.8, 4) is 0 Å². The largest absolute Gasteiger partial charge is 0.397 e. The summed E-state index contributed by atoms with van der Waals surface area (Å²) in [6.45, 7) is 2.06. The van der Waals surface area contributed by atoms with Crippen molar-refractivity contribution in [2.75, 3.05) is 30.8 Å². The van der Waals surface area contributed by atoms with Crippen molar-refractivity contribution in [3.05, 3.63) is 18.2 Å². The van der Waals surface area contributed by atoms with E-state index in [9.17, 15) is 8.42 Å². The standard InChI is InChI=1S/C12H19N3O3S/c13-11-7-10(19(14,16)17)3-4-12(11)15-5-6-18-8-9-1-2-9/h3-4,7,9,15H,1-2,5-6,8,13H2,(H2,14,16,17). The van der Waals surface area contributed by atoms with Gasteiger partial charge in [0.25, 0.3) is 0 Å². The molecule has 2 rings (SSSR count). The highest BCUT2D eigenvalue weighted by Gasteiger charge is 2.20. The normalized spacial score (nSPS) is 15.4. The van der Waals surface area contributed by atoms with Gasteiger partial charge in [0.15, 0.2) is 0 Å². The Labute approximate surface area is 113 Å². The molecule has 0 heterocycles. The third kappa shape index (κ3) is 4.38. The van der Waals surface area contributed by atoms with Crippen LogP contribution in [0.2, 0.25) is 0 Å². The molecule has 1 aromatic carbocycles. The first-order valence-electron chi connectivity index (χ1n) is 6.21. The lowest BCUT2D eigenvalue weighted by atomic mass is 10.2. The first-order chi connectivity index (χ1) is 8.97. The Morgan fingerprint density at radius 3 is 2.68 bits per heavy atom. The number of nitrogen functional groups attached to an aromatic ring is 1. The first-order valence-corrected chi connectivity index (χ1v) is 7.75. The fourth-order valence-corrected chi connectivity index (χ4v) is 2.22. The molecule has 1 saturated carbocycles. The number of ether oxygens (including phenoxy) is 1. The maximum Gasteiger partial charge on any atom is 0.238 e. The Morgan fingerprint density at radius 2 is 2.11 bits per heavy atom. The number of primary sulfonamides is 1. The number of anilines is 2. The van der Waals surface area contributed by atoms with Crippen molar-refractivity contribution in [1.29, 1.82) is 0 Å². The van der Waals surface area contributed by atoms with E-state index < -0.39 is 10.0 Å². The van der Waals surface area contributed by atoms with E-state index in [4.69, 9.17) is 15.6 Å². The van der Waals surface area contributed by atoms with E-state index in [-0.39, 0.29) is 4.90 Å². The van der Waals surface area contributed by atoms with E-state index in [2.05, 4.69) is 5.32 Å². The summed E-state index contributed by atoms with van der Waals surface area (Å²) in [6, 6.07) is 4.39. The molecule has 0 unspecified atom stereocenters. The van der Waals surface area contributed by atoms with Gasteiger partial charge in [-0.3, -0.25) is 0 Å². The zero-order chi connectivity index (χ0) is 13.9. The maximum absolute atomic E-state index is 11.1. The first kappa shape index (κ1) is 14.1. The average molecular weight is 285 g/mol. The molecule has 0 aliphatic heterocycles. The van der Waals surface area contributed by atoms with Crippen LogP contribution in [0.5, 0.6) is 0 Å². The highest BCUT2D eigenvalue weighted by atomic mass is 32.2. The second-order valence-electron chi connectivity index (χ2n) is 4.74. The van der Waals surface area contributed by atoms with Gasteiger partial charge in [-0.05, 0) is 37.0 Å². The van der Waals surface area contributed by atoms with Crippen LogP contribution >= 0.6 is 0 Å². The highest BCUT2D eigenvalue weighted by Crippen LogP contribution is 2.28. The molecule has 106 valence electrons. The Kier molecular flexibility index (Phi) is 4.28. The Bertz CT molecular complexity index is 541. The summed E-state index contributed by atoms with van der Waals surface area (Å²) < 4.78 is 27.8. The summed E-state index contributed by atoms with van der Waals surface area (Å²) >= 11 is 0. The predicted octanol–water partition coefficient (Wildman–Crippen LogP) is 0.755. The van der Waals surface area contributed by atoms with Gasteiger partial charge in [-0.1, -0.05) is 0 Å². The van der Waals surface area contributed by atoms with Crippen LogP contribution in [-0.4, -0.2) is 28.2 Å². The SMILES string of the molecule is Nc1cc(S(N)(=O)=O)ccc1NCCOCC1CC1. The molecule has 0 saturated heterocycles. The van der Waals surface area contributed by atoms with E-state index in [1.54, 1.807) is 6.07 Å². The van der Waals surface area contributed by atoms with Crippen molar-refractivity contribution >= 4 is 21.4 Å². The van der Waals surface area contributed by atoms with Crippen LogP contribution < -0.4 is 16.2 Å². The minimum absolute atomic E-state index is 0.0144. The average Bonchev–Trinajstić information content (AvgIpc) is 3.13. The summed E-state index contributed by atoms with van der Waals surface area (Å²) in [6.07, 6.45) is 2.55. The molecule has 5 N–H and O–H groups in total. The number of nitrogens with two attached hydrogens (primary N) is 2. The van der Waals surface area contributed by atoms with Gasteiger partial charge in [-0.25, -0.2) is 13.6 Å². The van der Waals surface area contributed by atoms with Gasteiger partial charge in [0.2, 0.25) is 10.0 Å². The zero-order valence-electron chi connectivity index (χ0n) is 10.6. The minimum Gasteiger partial charge on any atom is -0.397 e. The topological polar surface area (TPSA) is 107 Å². The zero-order valence-corrected chi connectivity index (χ0v) is 11.4. The lowest BCUT2D eigenvalue weighted by Crippen LogP contribution is -2.14. The van der Waals surface area contributed by atoms with Crippen LogP contribution in [0.3, 0.4) is 0 Å². The monoisotopic (exact) mass is 285 g/mol. The minimum atomic E-state index is -3.71. The Hall–Kier alpha value is -1.31. The molecule has 1 aromatic rings. The number of sulfonamides is 1. The number of nitrogens with one attached hydrogen (secondary N) is 1. The molecule has 0 spiro atoms. The van der Waals surface area contributed by atoms with E-state index >= 15 is 0 Å². The molecule has 19 heavy (non-hydrogen) atoms. The Balaban J connectivity index is 1.82. The lowest BCUT2D eigenvalue weighted by molar-refractivity contribution is 0.134. The second-order valence-corrected chi connectivity index (χ2v) is 6.30. The summed E-state index contributed by atoms with van der Waals surface area (Å²) in [5, 5.41) is 8.13. The molecule has 0 bridgehead atoms. The molecule has 0 atom stereocenters. The van der Waals surface area contributed by atoms with Crippen LogP contribution in [0.15, 0.2) is 23.1 Å². The van der Waals surface area contributed by atoms with Gasteiger partial charge >= 0.3 is 0 Å². The summed E-state index contributed by atoms with van der Waals surface area (Å²) in [5.74, 6) is 0.749. The molecule has 0 radical (unpaired) electrons. The number of benzene rings is 1. The van der Waals surface area contributed by atoms with Crippen molar-refractivity contribution in [2.24, 2.45) is 11.1 Å². The Morgan fingerprint density at radius 1 is 1.37 bits per heavy atom. The molecule has 6 nitrogen and oxygen atoms in total. The maximum atomic E-state index is 11.1. The van der Waals surface area contributed by atoms with Crippen LogP contribution in [0, 0.1) is 5.92 Å². The van der Waals surface area contributed by atoms with Crippen molar-refractivity contribution in [2.45, 2.75) is 17.7 Å². The van der Waals surface area contributed by atoms with E-state index in [1.807, 2.05) is 0 Å². The smallest absolute Gasteiger partial charge is 0.238 e. The summed E-state index contributed by atoms with van der Waals surface area (Å²) in [5.41, 5.74) is 6.81. The van der Waals surface area contributed by atoms with Gasteiger partial charge in [-0.15, -0.1) is 0 Å². The fourth-order valence-electron chi connectivity index (χ4n) is 1.67. The third-order valence-corrected chi connectivity index (χ3v) is 3.87. The molecular formula is C12H19N3O3S. The van der Waals surface area contributed by atoms with Crippen LogP contribution in [0.1, 0.15) is 12.8 Å². The van der Waals surface area contributed by atoms with Crippen molar-refractivity contribution < 1.29 is 13.2 Å². The second kappa shape index (κ2) is 5.77. The molecular weight excluding hydrogens is 266 g/mol. The molecule has 1 aliphatic carbocycles. The van der Waals surface area contributed by atoms with Gasteiger partial charge in [0, 0.05) is 13.2 Å². The van der Waals surface area contributed by atoms with E-state index in [0.29, 0.717) is 24.5 Å². The van der Waals surface area contributed by atoms with Gasteiger partial charge < -0.3 is 15.8 Å². The van der Waals surface area contributed by atoms with E-state index in [0.717, 1.165) is 12.5 Å². The van der Waals surface area contributed by atoms with Crippen LogP contribution in [0.4, 0.5) is 11.4 Å². The number of hydrogen-bond acceptors (Lipinski definition) is 5. The number of hydrogen-bond donors (Lipinski definition) is 3. The van der Waals surface area contributed by atoms with Crippen molar-refractivity contribution in [3.63, 3.8) is 0 Å². The van der Waals surface area contributed by atoms with Crippen LogP contribution in [-0.2, 0) is 14.8 Å². The van der Waals surface area contributed by atoms with Gasteiger partial charge in [0.1, 0.15) is 0 Å². The molecule has 7 heteroatoms. The van der Waals surface area contributed by atoms with Crippen LogP contribution in [0.25, 0.3) is 0 Å². The van der Waals surface area contributed by atoms with Gasteiger partial charge in [-0.2, -0.15) is 0 Å². The molecule has 1 fully saturated rings. The molecule has 1 aliphatic rings. The fraction of sp³-hybridized carbons (Fsp3) is 0.500. The third-order valence-electron chi connectivity index (χ3n) is 2.96. The number of rotatable bonds is 7. The molecule has 0 amide bonds. The summed E-state index contributed by atoms with van der Waals surface area (Å²) in [7, 11) is -3.71. The van der Waals surface area contributed by atoms with Gasteiger partial charge in [0.05, 0.1) is 22.9 Å². The summed E-state index contributed by atoms with van der Waals surface area (Å²) in [4.78, 5) is 0.0144. The quantitative estimate of drug-likeness (QED) is 0.506.